The van der Waals surface area contributed by atoms with Crippen LogP contribution >= 0.6 is 0 Å². The van der Waals surface area contributed by atoms with Gasteiger partial charge in [0.15, 0.2) is 0 Å². The first kappa shape index (κ1) is 17.2. The van der Waals surface area contributed by atoms with Crippen LogP contribution in [0.15, 0.2) is 42.6 Å². The summed E-state index contributed by atoms with van der Waals surface area (Å²) in [6.45, 7) is 8.45. The van der Waals surface area contributed by atoms with E-state index < -0.39 is 0 Å². The number of anilines is 1. The lowest BCUT2D eigenvalue weighted by Crippen LogP contribution is -2.12. The fraction of sp³-hybridized carbons (Fsp3) is 0.333. The molecule has 0 spiro atoms. The van der Waals surface area contributed by atoms with E-state index in [9.17, 15) is 4.79 Å². The third kappa shape index (κ3) is 3.43. The van der Waals surface area contributed by atoms with Crippen LogP contribution in [0.4, 0.5) is 5.69 Å². The molecule has 25 heavy (non-hydrogen) atoms. The average Bonchev–Trinajstić information content (AvgIpc) is 3.04. The van der Waals surface area contributed by atoms with Crippen molar-refractivity contribution in [2.75, 3.05) is 5.32 Å². The zero-order chi connectivity index (χ0) is 18.0. The maximum atomic E-state index is 12.7. The van der Waals surface area contributed by atoms with Crippen molar-refractivity contribution in [3.8, 4) is 0 Å². The van der Waals surface area contributed by atoms with Crippen LogP contribution in [0.5, 0.6) is 0 Å². The molecule has 1 unspecified atom stereocenters. The van der Waals surface area contributed by atoms with Crippen molar-refractivity contribution in [3.63, 3.8) is 0 Å². The number of benzene rings is 1. The number of amides is 1. The summed E-state index contributed by atoms with van der Waals surface area (Å²) in [5, 5.41) is 2.99. The first-order valence-electron chi connectivity index (χ1n) is 8.92. The first-order valence-corrected chi connectivity index (χ1v) is 8.92. The Morgan fingerprint density at radius 3 is 2.56 bits per heavy atom. The summed E-state index contributed by atoms with van der Waals surface area (Å²) in [5.74, 6) is 0.402. The van der Waals surface area contributed by atoms with Gasteiger partial charge in [-0.25, -0.2) is 4.98 Å². The maximum Gasteiger partial charge on any atom is 0.259 e. The monoisotopic (exact) mass is 335 g/mol. The van der Waals surface area contributed by atoms with Crippen molar-refractivity contribution in [2.24, 2.45) is 0 Å². The van der Waals surface area contributed by atoms with Gasteiger partial charge < -0.3 is 9.72 Å². The second kappa shape index (κ2) is 7.09. The van der Waals surface area contributed by atoms with Crippen molar-refractivity contribution in [2.45, 2.75) is 46.5 Å². The Bertz CT molecular complexity index is 893. The molecule has 0 aliphatic heterocycles. The summed E-state index contributed by atoms with van der Waals surface area (Å²) in [5.41, 5.74) is 5.49. The molecule has 0 bridgehead atoms. The standard InChI is InChI=1S/C21H25N3O/c1-5-14(3)16-7-9-17(10-8-16)23-21(25)19-11-12-24-18(6-2)13-15(4)22-20(19)24/h7-14H,5-6H2,1-4H3,(H,23,25). The van der Waals surface area contributed by atoms with Gasteiger partial charge in [-0.05, 0) is 55.5 Å². The molecule has 0 saturated carbocycles. The highest BCUT2D eigenvalue weighted by atomic mass is 16.1. The summed E-state index contributed by atoms with van der Waals surface area (Å²) in [6, 6.07) is 12.0. The Labute approximate surface area is 148 Å². The van der Waals surface area contributed by atoms with E-state index in [1.54, 1.807) is 0 Å². The summed E-state index contributed by atoms with van der Waals surface area (Å²) in [7, 11) is 0. The van der Waals surface area contributed by atoms with Gasteiger partial charge in [0, 0.05) is 23.3 Å². The third-order valence-corrected chi connectivity index (χ3v) is 4.78. The highest BCUT2D eigenvalue weighted by Gasteiger charge is 2.15. The smallest absolute Gasteiger partial charge is 0.259 e. The number of carbonyl (C=O) groups excluding carboxylic acids is 1. The van der Waals surface area contributed by atoms with Gasteiger partial charge in [-0.15, -0.1) is 0 Å². The molecule has 1 atom stereocenters. The predicted molar refractivity (Wildman–Crippen MR) is 102 cm³/mol. The molecule has 4 heteroatoms. The van der Waals surface area contributed by atoms with Gasteiger partial charge in [0.1, 0.15) is 5.65 Å². The minimum atomic E-state index is -0.126. The van der Waals surface area contributed by atoms with Gasteiger partial charge in [0.2, 0.25) is 0 Å². The highest BCUT2D eigenvalue weighted by molar-refractivity contribution is 6.08. The van der Waals surface area contributed by atoms with Gasteiger partial charge in [-0.2, -0.15) is 0 Å². The lowest BCUT2D eigenvalue weighted by molar-refractivity contribution is 0.102. The second-order valence-corrected chi connectivity index (χ2v) is 6.55. The zero-order valence-corrected chi connectivity index (χ0v) is 15.3. The minimum Gasteiger partial charge on any atom is -0.322 e. The maximum absolute atomic E-state index is 12.7. The van der Waals surface area contributed by atoms with Crippen molar-refractivity contribution in [1.29, 1.82) is 0 Å². The normalized spacial score (nSPS) is 12.3. The van der Waals surface area contributed by atoms with Crippen LogP contribution in [0.25, 0.3) is 5.65 Å². The van der Waals surface area contributed by atoms with E-state index >= 15 is 0 Å². The Morgan fingerprint density at radius 1 is 1.20 bits per heavy atom. The molecular weight excluding hydrogens is 310 g/mol. The van der Waals surface area contributed by atoms with E-state index in [1.165, 1.54) is 5.56 Å². The molecule has 1 N–H and O–H groups in total. The molecule has 3 aromatic rings. The quantitative estimate of drug-likeness (QED) is 0.715. The lowest BCUT2D eigenvalue weighted by atomic mass is 9.99. The zero-order valence-electron chi connectivity index (χ0n) is 15.3. The Morgan fingerprint density at radius 2 is 1.92 bits per heavy atom. The Hall–Kier alpha value is -2.62. The second-order valence-electron chi connectivity index (χ2n) is 6.55. The highest BCUT2D eigenvalue weighted by Crippen LogP contribution is 2.21. The third-order valence-electron chi connectivity index (χ3n) is 4.78. The van der Waals surface area contributed by atoms with E-state index in [2.05, 4.69) is 49.3 Å². The minimum absolute atomic E-state index is 0.126. The molecule has 130 valence electrons. The number of nitrogens with zero attached hydrogens (tertiary/aromatic N) is 2. The molecule has 4 nitrogen and oxygen atoms in total. The number of hydrogen-bond acceptors (Lipinski definition) is 2. The summed E-state index contributed by atoms with van der Waals surface area (Å²) in [4.78, 5) is 17.3. The van der Waals surface area contributed by atoms with E-state index in [-0.39, 0.29) is 5.91 Å². The lowest BCUT2D eigenvalue weighted by Gasteiger charge is -2.10. The van der Waals surface area contributed by atoms with Crippen LogP contribution < -0.4 is 5.32 Å². The van der Waals surface area contributed by atoms with Crippen LogP contribution in [0, 0.1) is 6.92 Å². The topological polar surface area (TPSA) is 46.4 Å². The number of carbonyl (C=O) groups is 1. The van der Waals surface area contributed by atoms with E-state index in [4.69, 9.17) is 0 Å². The molecule has 1 amide bonds. The Kier molecular flexibility index (Phi) is 4.88. The number of fused-ring (bicyclic) bond motifs is 1. The van der Waals surface area contributed by atoms with Crippen LogP contribution in [-0.2, 0) is 6.42 Å². The fourth-order valence-corrected chi connectivity index (χ4v) is 3.06. The molecule has 1 aromatic carbocycles. The van der Waals surface area contributed by atoms with Crippen molar-refractivity contribution in [3.05, 3.63) is 65.1 Å². The molecule has 3 rings (SSSR count). The average molecular weight is 335 g/mol. The van der Waals surface area contributed by atoms with Gasteiger partial charge >= 0.3 is 0 Å². The molecule has 0 aliphatic carbocycles. The molecule has 0 saturated heterocycles. The van der Waals surface area contributed by atoms with Gasteiger partial charge in [0.25, 0.3) is 5.91 Å². The molecule has 2 aromatic heterocycles. The number of aryl methyl sites for hydroxylation is 2. The molecule has 0 radical (unpaired) electrons. The SMILES string of the molecule is CCc1cc(C)nc2c(C(=O)Nc3ccc(C(C)CC)cc3)ccn12. The van der Waals surface area contributed by atoms with Gasteiger partial charge in [-0.3, -0.25) is 4.79 Å². The van der Waals surface area contributed by atoms with Gasteiger partial charge in [0.05, 0.1) is 5.56 Å². The molecule has 0 aliphatic rings. The van der Waals surface area contributed by atoms with Crippen LogP contribution in [0.2, 0.25) is 0 Å². The van der Waals surface area contributed by atoms with Crippen molar-refractivity contribution < 1.29 is 4.79 Å². The number of nitrogens with one attached hydrogen (secondary N) is 1. The largest absolute Gasteiger partial charge is 0.322 e. The number of hydrogen-bond donors (Lipinski definition) is 1. The number of aromatic nitrogens is 2. The summed E-state index contributed by atoms with van der Waals surface area (Å²) in [6.07, 6.45) is 3.92. The van der Waals surface area contributed by atoms with Gasteiger partial charge in [-0.1, -0.05) is 32.9 Å². The van der Waals surface area contributed by atoms with E-state index in [1.807, 2.05) is 35.7 Å². The van der Waals surface area contributed by atoms with Crippen LogP contribution in [0.3, 0.4) is 0 Å². The van der Waals surface area contributed by atoms with Crippen LogP contribution in [0.1, 0.15) is 60.4 Å². The predicted octanol–water partition coefficient (Wildman–Crippen LogP) is 4.97. The summed E-state index contributed by atoms with van der Waals surface area (Å²) >= 11 is 0. The van der Waals surface area contributed by atoms with Crippen LogP contribution in [-0.4, -0.2) is 15.3 Å². The number of rotatable bonds is 5. The molecule has 2 heterocycles. The van der Waals surface area contributed by atoms with E-state index in [0.717, 1.165) is 29.9 Å². The first-order chi connectivity index (χ1) is 12.0. The summed E-state index contributed by atoms with van der Waals surface area (Å²) < 4.78 is 1.99. The Balaban J connectivity index is 1.86. The van der Waals surface area contributed by atoms with Crippen molar-refractivity contribution >= 4 is 17.2 Å². The molecular formula is C21H25N3O. The van der Waals surface area contributed by atoms with E-state index in [0.29, 0.717) is 17.1 Å². The van der Waals surface area contributed by atoms with Crippen molar-refractivity contribution in [1.82, 2.24) is 9.38 Å². The fourth-order valence-electron chi connectivity index (χ4n) is 3.06. The molecule has 0 fully saturated rings.